The summed E-state index contributed by atoms with van der Waals surface area (Å²) >= 11 is 0. The van der Waals surface area contributed by atoms with Crippen molar-refractivity contribution in [2.24, 2.45) is 7.05 Å². The molecular formula is C18H25N3. The maximum absolute atomic E-state index is 4.50. The lowest BCUT2D eigenvalue weighted by atomic mass is 10.0. The maximum atomic E-state index is 4.50. The van der Waals surface area contributed by atoms with Gasteiger partial charge in [-0.1, -0.05) is 25.1 Å². The molecule has 1 unspecified atom stereocenters. The van der Waals surface area contributed by atoms with Crippen LogP contribution in [0, 0.1) is 0 Å². The fourth-order valence-corrected chi connectivity index (χ4v) is 3.27. The van der Waals surface area contributed by atoms with Crippen LogP contribution in [-0.4, -0.2) is 9.78 Å². The minimum atomic E-state index is 0.376. The summed E-state index contributed by atoms with van der Waals surface area (Å²) in [6, 6.07) is 7.37. The zero-order valence-electron chi connectivity index (χ0n) is 13.3. The zero-order valence-corrected chi connectivity index (χ0v) is 13.3. The Morgan fingerprint density at radius 1 is 1.29 bits per heavy atom. The van der Waals surface area contributed by atoms with E-state index < -0.39 is 0 Å². The van der Waals surface area contributed by atoms with Gasteiger partial charge in [0.25, 0.3) is 0 Å². The first-order valence-electron chi connectivity index (χ1n) is 8.04. The third-order valence-electron chi connectivity index (χ3n) is 4.55. The van der Waals surface area contributed by atoms with Crippen LogP contribution in [0.3, 0.4) is 0 Å². The highest BCUT2D eigenvalue weighted by Crippen LogP contribution is 2.25. The van der Waals surface area contributed by atoms with Crippen molar-refractivity contribution in [1.29, 1.82) is 0 Å². The maximum Gasteiger partial charge on any atom is 0.0666 e. The Morgan fingerprint density at radius 3 is 2.90 bits per heavy atom. The van der Waals surface area contributed by atoms with Gasteiger partial charge < -0.3 is 5.32 Å². The van der Waals surface area contributed by atoms with E-state index in [-0.39, 0.29) is 0 Å². The molecule has 1 atom stereocenters. The summed E-state index contributed by atoms with van der Waals surface area (Å²) < 4.78 is 1.91. The highest BCUT2D eigenvalue weighted by molar-refractivity contribution is 5.36. The number of nitrogens with zero attached hydrogens (tertiary/aromatic N) is 2. The summed E-state index contributed by atoms with van der Waals surface area (Å²) in [5.41, 5.74) is 7.01. The quantitative estimate of drug-likeness (QED) is 0.912. The molecule has 0 aliphatic heterocycles. The molecule has 2 aromatic rings. The highest BCUT2D eigenvalue weighted by atomic mass is 15.3. The van der Waals surface area contributed by atoms with Crippen molar-refractivity contribution in [3.8, 4) is 0 Å². The second kappa shape index (κ2) is 6.02. The lowest BCUT2D eigenvalue weighted by Gasteiger charge is -2.15. The van der Waals surface area contributed by atoms with Gasteiger partial charge in [0.05, 0.1) is 5.69 Å². The van der Waals surface area contributed by atoms with Crippen molar-refractivity contribution in [2.75, 3.05) is 0 Å². The van der Waals surface area contributed by atoms with Crippen LogP contribution in [0.1, 0.15) is 54.3 Å². The van der Waals surface area contributed by atoms with Crippen LogP contribution in [-0.2, 0) is 32.9 Å². The van der Waals surface area contributed by atoms with E-state index in [1.54, 1.807) is 11.1 Å². The summed E-state index contributed by atoms with van der Waals surface area (Å²) in [6.45, 7) is 5.30. The van der Waals surface area contributed by atoms with Gasteiger partial charge in [-0.15, -0.1) is 0 Å². The predicted octanol–water partition coefficient (Wildman–Crippen LogP) is 3.32. The predicted molar refractivity (Wildman–Crippen MR) is 86.3 cm³/mol. The van der Waals surface area contributed by atoms with Gasteiger partial charge in [0.2, 0.25) is 0 Å². The van der Waals surface area contributed by atoms with Gasteiger partial charge in [0.15, 0.2) is 0 Å². The summed E-state index contributed by atoms with van der Waals surface area (Å²) in [5.74, 6) is 0. The Kier molecular flexibility index (Phi) is 4.11. The Morgan fingerprint density at radius 2 is 2.10 bits per heavy atom. The number of rotatable bonds is 5. The molecule has 0 radical (unpaired) electrons. The number of aromatic nitrogens is 2. The minimum absolute atomic E-state index is 0.376. The van der Waals surface area contributed by atoms with Gasteiger partial charge in [-0.3, -0.25) is 4.68 Å². The van der Waals surface area contributed by atoms with Crippen LogP contribution >= 0.6 is 0 Å². The summed E-state index contributed by atoms with van der Waals surface area (Å²) in [5, 5.41) is 8.14. The fourth-order valence-electron chi connectivity index (χ4n) is 3.27. The second-order valence-corrected chi connectivity index (χ2v) is 6.11. The molecular weight excluding hydrogens is 258 g/mol. The molecule has 0 bridgehead atoms. The number of nitrogens with one attached hydrogen (secondary N) is 1. The lowest BCUT2D eigenvalue weighted by Crippen LogP contribution is -2.18. The van der Waals surface area contributed by atoms with Crippen LogP contribution < -0.4 is 5.32 Å². The molecule has 3 heteroatoms. The first-order valence-corrected chi connectivity index (χ1v) is 8.04. The van der Waals surface area contributed by atoms with E-state index in [1.165, 1.54) is 36.1 Å². The van der Waals surface area contributed by atoms with E-state index in [0.29, 0.717) is 6.04 Å². The van der Waals surface area contributed by atoms with Crippen LogP contribution in [0.15, 0.2) is 24.4 Å². The second-order valence-electron chi connectivity index (χ2n) is 6.11. The summed E-state index contributed by atoms with van der Waals surface area (Å²) in [6.07, 6.45) is 6.94. The van der Waals surface area contributed by atoms with Crippen LogP contribution in [0.25, 0.3) is 0 Å². The third-order valence-corrected chi connectivity index (χ3v) is 4.55. The van der Waals surface area contributed by atoms with Crippen molar-refractivity contribution in [2.45, 2.75) is 52.1 Å². The van der Waals surface area contributed by atoms with Crippen molar-refractivity contribution in [3.05, 3.63) is 52.3 Å². The number of hydrogen-bond acceptors (Lipinski definition) is 2. The van der Waals surface area contributed by atoms with Crippen molar-refractivity contribution in [3.63, 3.8) is 0 Å². The van der Waals surface area contributed by atoms with E-state index in [2.05, 4.69) is 48.7 Å². The number of hydrogen-bond donors (Lipinski definition) is 1. The fraction of sp³-hybridized carbons (Fsp3) is 0.500. The molecule has 1 N–H and O–H groups in total. The van der Waals surface area contributed by atoms with Gasteiger partial charge in [0, 0.05) is 31.4 Å². The third kappa shape index (κ3) is 3.03. The normalized spacial score (nSPS) is 15.2. The summed E-state index contributed by atoms with van der Waals surface area (Å²) in [7, 11) is 1.99. The first kappa shape index (κ1) is 14.3. The molecule has 0 amide bonds. The minimum Gasteiger partial charge on any atom is -0.306 e. The first-order chi connectivity index (χ1) is 10.2. The Labute approximate surface area is 127 Å². The molecule has 112 valence electrons. The average molecular weight is 283 g/mol. The van der Waals surface area contributed by atoms with E-state index in [1.807, 2.05) is 11.7 Å². The Bertz CT molecular complexity index is 627. The zero-order chi connectivity index (χ0) is 14.8. The van der Waals surface area contributed by atoms with Crippen molar-refractivity contribution < 1.29 is 0 Å². The highest BCUT2D eigenvalue weighted by Gasteiger charge is 2.14. The molecule has 0 fully saturated rings. The SMILES string of the molecule is CCc1nn(C)cc1CNC(C)c1ccc2c(c1)CCC2. The Hall–Kier alpha value is -1.61. The van der Waals surface area contributed by atoms with Gasteiger partial charge in [0.1, 0.15) is 0 Å². The molecule has 21 heavy (non-hydrogen) atoms. The average Bonchev–Trinajstić information content (AvgIpc) is 3.09. The van der Waals surface area contributed by atoms with Crippen LogP contribution in [0.4, 0.5) is 0 Å². The van der Waals surface area contributed by atoms with Gasteiger partial charge in [-0.05, 0) is 49.3 Å². The largest absolute Gasteiger partial charge is 0.306 e. The van der Waals surface area contributed by atoms with E-state index in [4.69, 9.17) is 0 Å². The molecule has 1 aliphatic carbocycles. The number of benzene rings is 1. The van der Waals surface area contributed by atoms with E-state index >= 15 is 0 Å². The molecule has 1 aromatic carbocycles. The molecule has 3 rings (SSSR count). The molecule has 3 nitrogen and oxygen atoms in total. The topological polar surface area (TPSA) is 29.9 Å². The van der Waals surface area contributed by atoms with Crippen molar-refractivity contribution in [1.82, 2.24) is 15.1 Å². The monoisotopic (exact) mass is 283 g/mol. The molecule has 0 saturated carbocycles. The summed E-state index contributed by atoms with van der Waals surface area (Å²) in [4.78, 5) is 0. The smallest absolute Gasteiger partial charge is 0.0666 e. The number of aryl methyl sites for hydroxylation is 4. The van der Waals surface area contributed by atoms with Crippen LogP contribution in [0.5, 0.6) is 0 Å². The van der Waals surface area contributed by atoms with Crippen LogP contribution in [0.2, 0.25) is 0 Å². The molecule has 1 aliphatic rings. The molecule has 0 saturated heterocycles. The lowest BCUT2D eigenvalue weighted by molar-refractivity contribution is 0.572. The van der Waals surface area contributed by atoms with E-state index in [9.17, 15) is 0 Å². The molecule has 0 spiro atoms. The standard InChI is InChI=1S/C18H25N3/c1-4-18-17(12-21(3)20-18)11-19-13(2)15-9-8-14-6-5-7-16(14)10-15/h8-10,12-13,19H,4-7,11H2,1-3H3. The van der Waals surface area contributed by atoms with E-state index in [0.717, 1.165) is 13.0 Å². The molecule has 1 heterocycles. The Balaban J connectivity index is 1.67. The number of fused-ring (bicyclic) bond motifs is 1. The van der Waals surface area contributed by atoms with Gasteiger partial charge >= 0.3 is 0 Å². The van der Waals surface area contributed by atoms with Crippen molar-refractivity contribution >= 4 is 0 Å². The van der Waals surface area contributed by atoms with Gasteiger partial charge in [-0.25, -0.2) is 0 Å². The molecule has 1 aromatic heterocycles. The van der Waals surface area contributed by atoms with Gasteiger partial charge in [-0.2, -0.15) is 5.10 Å².